The third-order valence-electron chi connectivity index (χ3n) is 10.8. The van der Waals surface area contributed by atoms with Gasteiger partial charge in [-0.25, -0.2) is 0 Å². The summed E-state index contributed by atoms with van der Waals surface area (Å²) in [6.07, 6.45) is 0. The largest absolute Gasteiger partial charge is 0.456 e. The van der Waals surface area contributed by atoms with E-state index in [4.69, 9.17) is 4.42 Å². The second-order valence-corrected chi connectivity index (χ2v) is 13.3. The highest BCUT2D eigenvalue weighted by Gasteiger charge is 2.26. The average molecular weight is 623 g/mol. The molecule has 0 bridgehead atoms. The first-order chi connectivity index (χ1) is 24.3. The van der Waals surface area contributed by atoms with Gasteiger partial charge in [0, 0.05) is 38.3 Å². The van der Waals surface area contributed by atoms with Crippen LogP contribution in [-0.2, 0) is 0 Å². The topological polar surface area (TPSA) is 23.0 Å². The van der Waals surface area contributed by atoms with E-state index < -0.39 is 0 Å². The number of fused-ring (bicyclic) bond motifs is 14. The lowest BCUT2D eigenvalue weighted by molar-refractivity contribution is 0.669. The number of benzene rings is 8. The maximum absolute atomic E-state index is 6.51. The minimum atomic E-state index is 0.899. The minimum Gasteiger partial charge on any atom is -0.456 e. The molecular formula is C46H26N2O. The molecule has 1 aliphatic carbocycles. The molecule has 3 heterocycles. The maximum Gasteiger partial charge on any atom is 0.137 e. The summed E-state index contributed by atoms with van der Waals surface area (Å²) in [7, 11) is 0. The molecule has 0 fully saturated rings. The summed E-state index contributed by atoms with van der Waals surface area (Å²) in [5, 5.41) is 9.82. The zero-order valence-electron chi connectivity index (χ0n) is 26.3. The zero-order chi connectivity index (χ0) is 31.8. The van der Waals surface area contributed by atoms with E-state index >= 15 is 0 Å². The molecule has 1 aliphatic rings. The molecule has 0 saturated heterocycles. The molecule has 49 heavy (non-hydrogen) atoms. The highest BCUT2D eigenvalue weighted by molar-refractivity contribution is 6.29. The normalized spacial score (nSPS) is 12.5. The average Bonchev–Trinajstić information content (AvgIpc) is 3.89. The molecule has 0 aliphatic heterocycles. The van der Waals surface area contributed by atoms with E-state index in [-0.39, 0.29) is 0 Å². The Bertz CT molecular complexity index is 3200. The van der Waals surface area contributed by atoms with E-state index in [2.05, 4.69) is 167 Å². The monoisotopic (exact) mass is 622 g/mol. The Labute approximate surface area is 280 Å². The molecule has 3 heteroatoms. The second-order valence-electron chi connectivity index (χ2n) is 13.3. The van der Waals surface area contributed by atoms with Crippen molar-refractivity contribution in [1.82, 2.24) is 9.13 Å². The van der Waals surface area contributed by atoms with Crippen LogP contribution < -0.4 is 0 Å². The van der Waals surface area contributed by atoms with Gasteiger partial charge in [0.25, 0.3) is 0 Å². The van der Waals surface area contributed by atoms with Gasteiger partial charge in [-0.15, -0.1) is 0 Å². The minimum absolute atomic E-state index is 0.899. The van der Waals surface area contributed by atoms with Gasteiger partial charge in [0.05, 0.1) is 27.5 Å². The third-order valence-corrected chi connectivity index (χ3v) is 10.8. The van der Waals surface area contributed by atoms with Gasteiger partial charge >= 0.3 is 0 Å². The van der Waals surface area contributed by atoms with E-state index in [1.165, 1.54) is 76.6 Å². The molecule has 0 unspecified atom stereocenters. The van der Waals surface area contributed by atoms with Crippen molar-refractivity contribution in [2.45, 2.75) is 0 Å². The van der Waals surface area contributed by atoms with E-state index in [9.17, 15) is 0 Å². The van der Waals surface area contributed by atoms with Crippen molar-refractivity contribution < 1.29 is 4.42 Å². The molecule has 0 atom stereocenters. The van der Waals surface area contributed by atoms with Crippen molar-refractivity contribution in [3.8, 4) is 33.6 Å². The molecule has 0 spiro atoms. The predicted molar refractivity (Wildman–Crippen MR) is 204 cm³/mol. The van der Waals surface area contributed by atoms with Gasteiger partial charge in [0.2, 0.25) is 0 Å². The number of furan rings is 1. The summed E-state index contributed by atoms with van der Waals surface area (Å²) in [6.45, 7) is 0. The fourth-order valence-corrected chi connectivity index (χ4v) is 8.87. The fourth-order valence-electron chi connectivity index (χ4n) is 8.87. The third kappa shape index (κ3) is 3.17. The molecule has 8 aromatic carbocycles. The standard InChI is InChI=1S/C46H26N2O/c1-2-12-28(13-3-1)47-39-18-6-4-14-31(39)34-22-23-36-35-24-25-41-43(37-15-5-7-19-40(37)49-41)44(35)48(46(36)45(34)47)29-20-21-30-32-16-8-10-27-11-9-17-33(42(27)32)38(30)26-29/h1-26H. The number of para-hydroxylation sites is 3. The van der Waals surface area contributed by atoms with Crippen molar-refractivity contribution in [1.29, 1.82) is 0 Å². The van der Waals surface area contributed by atoms with Crippen LogP contribution in [0.25, 0.3) is 110 Å². The summed E-state index contributed by atoms with van der Waals surface area (Å²) >= 11 is 0. The maximum atomic E-state index is 6.51. The van der Waals surface area contributed by atoms with Gasteiger partial charge in [-0.3, -0.25) is 0 Å². The zero-order valence-corrected chi connectivity index (χ0v) is 26.3. The molecule has 226 valence electrons. The summed E-state index contributed by atoms with van der Waals surface area (Å²) in [5.74, 6) is 0. The Kier molecular flexibility index (Phi) is 4.72. The Morgan fingerprint density at radius 1 is 0.347 bits per heavy atom. The number of rotatable bonds is 2. The number of nitrogens with zero attached hydrogens (tertiary/aromatic N) is 2. The van der Waals surface area contributed by atoms with Crippen molar-refractivity contribution in [3.63, 3.8) is 0 Å². The van der Waals surface area contributed by atoms with Crippen LogP contribution in [0.3, 0.4) is 0 Å². The van der Waals surface area contributed by atoms with E-state index in [0.29, 0.717) is 0 Å². The van der Waals surface area contributed by atoms with Crippen LogP contribution in [0.1, 0.15) is 0 Å². The van der Waals surface area contributed by atoms with Crippen LogP contribution in [0.15, 0.2) is 162 Å². The number of hydrogen-bond donors (Lipinski definition) is 0. The van der Waals surface area contributed by atoms with Crippen LogP contribution in [0.5, 0.6) is 0 Å². The Hall–Kier alpha value is -6.58. The first-order valence-corrected chi connectivity index (χ1v) is 16.9. The molecule has 0 amide bonds. The summed E-state index contributed by atoms with van der Waals surface area (Å²) in [5.41, 5.74) is 14.0. The Morgan fingerprint density at radius 3 is 1.88 bits per heavy atom. The molecule has 11 aromatic rings. The quantitative estimate of drug-likeness (QED) is 0.188. The van der Waals surface area contributed by atoms with Gasteiger partial charge in [0.1, 0.15) is 11.2 Å². The van der Waals surface area contributed by atoms with Gasteiger partial charge < -0.3 is 13.6 Å². The highest BCUT2D eigenvalue weighted by atomic mass is 16.3. The van der Waals surface area contributed by atoms with Crippen molar-refractivity contribution in [2.24, 2.45) is 0 Å². The van der Waals surface area contributed by atoms with E-state index in [0.717, 1.165) is 33.3 Å². The fraction of sp³-hybridized carbons (Fsp3) is 0. The number of hydrogen-bond acceptors (Lipinski definition) is 1. The van der Waals surface area contributed by atoms with E-state index in [1.54, 1.807) is 0 Å². The van der Waals surface area contributed by atoms with Crippen LogP contribution >= 0.6 is 0 Å². The molecule has 0 radical (unpaired) electrons. The Balaban J connectivity index is 1.32. The number of aromatic nitrogens is 2. The summed E-state index contributed by atoms with van der Waals surface area (Å²) in [6, 6.07) is 57.5. The van der Waals surface area contributed by atoms with Crippen LogP contribution in [-0.4, -0.2) is 9.13 Å². The molecule has 0 saturated carbocycles. The van der Waals surface area contributed by atoms with Crippen LogP contribution in [0.4, 0.5) is 0 Å². The summed E-state index contributed by atoms with van der Waals surface area (Å²) in [4.78, 5) is 0. The highest BCUT2D eigenvalue weighted by Crippen LogP contribution is 2.50. The van der Waals surface area contributed by atoms with Gasteiger partial charge in [-0.1, -0.05) is 109 Å². The van der Waals surface area contributed by atoms with Crippen LogP contribution in [0, 0.1) is 0 Å². The molecule has 0 N–H and O–H groups in total. The lowest BCUT2D eigenvalue weighted by atomic mass is 10.0. The molecule has 12 rings (SSSR count). The second kappa shape index (κ2) is 9.06. The van der Waals surface area contributed by atoms with Crippen molar-refractivity contribution >= 4 is 76.3 Å². The van der Waals surface area contributed by atoms with E-state index in [1.807, 2.05) is 0 Å². The first-order valence-electron chi connectivity index (χ1n) is 16.9. The molecular weight excluding hydrogens is 597 g/mol. The smallest absolute Gasteiger partial charge is 0.137 e. The van der Waals surface area contributed by atoms with Crippen molar-refractivity contribution in [3.05, 3.63) is 158 Å². The molecule has 3 nitrogen and oxygen atoms in total. The lowest BCUT2D eigenvalue weighted by Crippen LogP contribution is -1.99. The lowest BCUT2D eigenvalue weighted by Gasteiger charge is -2.14. The summed E-state index contributed by atoms with van der Waals surface area (Å²) < 4.78 is 11.5. The van der Waals surface area contributed by atoms with Crippen LogP contribution in [0.2, 0.25) is 0 Å². The first kappa shape index (κ1) is 25.5. The SMILES string of the molecule is c1ccc(-n2c3ccccc3c3ccc4c5ccc6oc7ccccc7c6c5n(-c5ccc6c(c5)-c5cccc7cccc-6c57)c4c32)cc1. The molecule has 3 aromatic heterocycles. The van der Waals surface area contributed by atoms with Gasteiger partial charge in [-0.2, -0.15) is 0 Å². The van der Waals surface area contributed by atoms with Crippen molar-refractivity contribution in [2.75, 3.05) is 0 Å². The van der Waals surface area contributed by atoms with Gasteiger partial charge in [0.15, 0.2) is 0 Å². The van der Waals surface area contributed by atoms with Gasteiger partial charge in [-0.05, 0) is 81.6 Å². The predicted octanol–water partition coefficient (Wildman–Crippen LogP) is 12.6. The Morgan fingerprint density at radius 2 is 1.02 bits per heavy atom.